The minimum atomic E-state index is -0.871. The number of hydrogen-bond acceptors (Lipinski definition) is 6. The van der Waals surface area contributed by atoms with Crippen LogP contribution in [0.1, 0.15) is 43.1 Å². The van der Waals surface area contributed by atoms with E-state index in [1.54, 1.807) is 6.92 Å². The van der Waals surface area contributed by atoms with Crippen LogP contribution >= 0.6 is 0 Å². The van der Waals surface area contributed by atoms with Gasteiger partial charge in [-0.15, -0.1) is 0 Å². The normalized spacial score (nSPS) is 16.5. The molecule has 7 nitrogen and oxygen atoms in total. The Morgan fingerprint density at radius 2 is 2.32 bits per heavy atom. The lowest BCUT2D eigenvalue weighted by Crippen LogP contribution is -2.46. The van der Waals surface area contributed by atoms with Crippen molar-refractivity contribution in [2.45, 2.75) is 38.1 Å². The van der Waals surface area contributed by atoms with Gasteiger partial charge in [-0.1, -0.05) is 0 Å². The number of ether oxygens (including phenoxy) is 1. The molecule has 0 aliphatic heterocycles. The van der Waals surface area contributed by atoms with Crippen LogP contribution in [0.5, 0.6) is 0 Å². The lowest BCUT2D eigenvalue weighted by atomic mass is 9.74. The van der Waals surface area contributed by atoms with Crippen LogP contribution < -0.4 is 5.32 Å². The molecule has 0 spiro atoms. The minimum Gasteiger partial charge on any atom is -0.481 e. The maximum absolute atomic E-state index is 11.4. The smallest absolute Gasteiger partial charge is 0.360 e. The first-order valence-corrected chi connectivity index (χ1v) is 6.17. The van der Waals surface area contributed by atoms with E-state index in [2.05, 4.69) is 10.3 Å². The summed E-state index contributed by atoms with van der Waals surface area (Å²) in [6, 6.07) is 0.156. The van der Waals surface area contributed by atoms with Gasteiger partial charge >= 0.3 is 11.9 Å². The summed E-state index contributed by atoms with van der Waals surface area (Å²) in [7, 11) is 0. The maximum atomic E-state index is 11.4. The number of carbonyl (C=O) groups excluding carboxylic acids is 1. The molecular weight excluding hydrogens is 252 g/mol. The number of aromatic nitrogens is 1. The Balaban J connectivity index is 2.02. The van der Waals surface area contributed by atoms with Crippen molar-refractivity contribution in [2.75, 3.05) is 11.9 Å². The number of aliphatic carboxylic acids is 1. The van der Waals surface area contributed by atoms with Gasteiger partial charge in [-0.25, -0.2) is 4.79 Å². The van der Waals surface area contributed by atoms with E-state index in [0.717, 1.165) is 19.3 Å². The standard InChI is InChI=1S/C12H16N2O5/c1-2-18-10(17)8-7-19-11(13-8)14-12(4-3-5-12)6-9(15)16/h7H,2-6H2,1H3,(H,13,14)(H,15,16). The van der Waals surface area contributed by atoms with Crippen LogP contribution in [0.15, 0.2) is 10.7 Å². The Kier molecular flexibility index (Phi) is 3.73. The predicted octanol–water partition coefficient (Wildman–Crippen LogP) is 1.66. The maximum Gasteiger partial charge on any atom is 0.360 e. The number of carboxylic acid groups (broad SMARTS) is 1. The summed E-state index contributed by atoms with van der Waals surface area (Å²) >= 11 is 0. The summed E-state index contributed by atoms with van der Waals surface area (Å²) in [6.45, 7) is 1.96. The second-order valence-corrected chi connectivity index (χ2v) is 4.59. The highest BCUT2D eigenvalue weighted by atomic mass is 16.5. The number of hydrogen-bond donors (Lipinski definition) is 2. The van der Waals surface area contributed by atoms with E-state index in [4.69, 9.17) is 14.3 Å². The van der Waals surface area contributed by atoms with Crippen LogP contribution in [0.2, 0.25) is 0 Å². The Hall–Kier alpha value is -2.05. The quantitative estimate of drug-likeness (QED) is 0.756. The Labute approximate surface area is 110 Å². The highest BCUT2D eigenvalue weighted by Gasteiger charge is 2.40. The van der Waals surface area contributed by atoms with Gasteiger partial charge in [0.15, 0.2) is 5.69 Å². The van der Waals surface area contributed by atoms with Crippen LogP contribution in [0.4, 0.5) is 6.01 Å². The zero-order chi connectivity index (χ0) is 13.9. The summed E-state index contributed by atoms with van der Waals surface area (Å²) in [5.41, 5.74) is -0.433. The van der Waals surface area contributed by atoms with Gasteiger partial charge in [0.1, 0.15) is 6.26 Å². The summed E-state index contributed by atoms with van der Waals surface area (Å²) < 4.78 is 9.92. The van der Waals surface area contributed by atoms with E-state index in [-0.39, 0.29) is 24.7 Å². The summed E-state index contributed by atoms with van der Waals surface area (Å²) in [5.74, 6) is -1.43. The van der Waals surface area contributed by atoms with Crippen molar-refractivity contribution in [1.29, 1.82) is 0 Å². The van der Waals surface area contributed by atoms with E-state index in [1.807, 2.05) is 0 Å². The highest BCUT2D eigenvalue weighted by Crippen LogP contribution is 2.37. The number of oxazole rings is 1. The average molecular weight is 268 g/mol. The fraction of sp³-hybridized carbons (Fsp3) is 0.583. The minimum absolute atomic E-state index is 0.00409. The van der Waals surface area contributed by atoms with Crippen molar-refractivity contribution >= 4 is 18.0 Å². The number of rotatable bonds is 6. The monoisotopic (exact) mass is 268 g/mol. The van der Waals surface area contributed by atoms with Gasteiger partial charge in [-0.05, 0) is 26.2 Å². The van der Waals surface area contributed by atoms with Crippen molar-refractivity contribution in [1.82, 2.24) is 4.98 Å². The Morgan fingerprint density at radius 3 is 2.84 bits per heavy atom. The van der Waals surface area contributed by atoms with Crippen molar-refractivity contribution in [2.24, 2.45) is 0 Å². The van der Waals surface area contributed by atoms with Crippen LogP contribution in [-0.2, 0) is 9.53 Å². The number of nitrogens with one attached hydrogen (secondary N) is 1. The molecule has 104 valence electrons. The third kappa shape index (κ3) is 3.04. The number of carbonyl (C=O) groups is 2. The second kappa shape index (κ2) is 5.29. The average Bonchev–Trinajstić information content (AvgIpc) is 2.74. The Morgan fingerprint density at radius 1 is 1.58 bits per heavy atom. The molecule has 1 fully saturated rings. The zero-order valence-corrected chi connectivity index (χ0v) is 10.6. The molecule has 0 saturated heterocycles. The first-order chi connectivity index (χ1) is 9.04. The van der Waals surface area contributed by atoms with Crippen molar-refractivity contribution in [3.8, 4) is 0 Å². The van der Waals surface area contributed by atoms with Gasteiger partial charge < -0.3 is 19.6 Å². The SMILES string of the molecule is CCOC(=O)c1coc(NC2(CC(=O)O)CCC2)n1. The molecule has 0 aromatic carbocycles. The van der Waals surface area contributed by atoms with Gasteiger partial charge in [0.25, 0.3) is 6.01 Å². The van der Waals surface area contributed by atoms with Crippen LogP contribution in [0, 0.1) is 0 Å². The number of carboxylic acids is 1. The Bertz CT molecular complexity index is 478. The predicted molar refractivity (Wildman–Crippen MR) is 64.9 cm³/mol. The molecule has 0 atom stereocenters. The number of anilines is 1. The molecule has 1 aromatic rings. The van der Waals surface area contributed by atoms with Gasteiger partial charge in [0.2, 0.25) is 0 Å². The van der Waals surface area contributed by atoms with E-state index < -0.39 is 17.5 Å². The third-order valence-electron chi connectivity index (χ3n) is 3.16. The number of nitrogens with zero attached hydrogens (tertiary/aromatic N) is 1. The first kappa shape index (κ1) is 13.4. The second-order valence-electron chi connectivity index (χ2n) is 4.59. The van der Waals surface area contributed by atoms with Crippen molar-refractivity contribution < 1.29 is 23.8 Å². The van der Waals surface area contributed by atoms with Gasteiger partial charge in [-0.2, -0.15) is 4.98 Å². The molecule has 1 aliphatic carbocycles. The first-order valence-electron chi connectivity index (χ1n) is 6.17. The van der Waals surface area contributed by atoms with Crippen LogP contribution in [0.25, 0.3) is 0 Å². The molecular formula is C12H16N2O5. The molecule has 1 heterocycles. The molecule has 0 bridgehead atoms. The zero-order valence-electron chi connectivity index (χ0n) is 10.6. The van der Waals surface area contributed by atoms with E-state index in [0.29, 0.717) is 0 Å². The lowest BCUT2D eigenvalue weighted by Gasteiger charge is -2.40. The van der Waals surface area contributed by atoms with E-state index >= 15 is 0 Å². The fourth-order valence-electron chi connectivity index (χ4n) is 2.10. The molecule has 2 rings (SSSR count). The van der Waals surface area contributed by atoms with Crippen LogP contribution in [-0.4, -0.2) is 34.2 Å². The summed E-state index contributed by atoms with van der Waals surface area (Å²) in [4.78, 5) is 26.2. The molecule has 1 saturated carbocycles. The molecule has 1 aliphatic rings. The van der Waals surface area contributed by atoms with Crippen LogP contribution in [0.3, 0.4) is 0 Å². The highest BCUT2D eigenvalue weighted by molar-refractivity contribution is 5.87. The molecule has 0 unspecified atom stereocenters. The van der Waals surface area contributed by atoms with E-state index in [1.165, 1.54) is 6.26 Å². The van der Waals surface area contributed by atoms with Crippen molar-refractivity contribution in [3.63, 3.8) is 0 Å². The lowest BCUT2D eigenvalue weighted by molar-refractivity contribution is -0.138. The fourth-order valence-corrected chi connectivity index (χ4v) is 2.10. The number of esters is 1. The molecule has 0 amide bonds. The molecule has 7 heteroatoms. The van der Waals surface area contributed by atoms with Gasteiger partial charge in [-0.3, -0.25) is 4.79 Å². The van der Waals surface area contributed by atoms with Gasteiger partial charge in [0.05, 0.1) is 18.6 Å². The van der Waals surface area contributed by atoms with E-state index in [9.17, 15) is 9.59 Å². The summed E-state index contributed by atoms with van der Waals surface area (Å²) in [5, 5.41) is 11.9. The molecule has 2 N–H and O–H groups in total. The van der Waals surface area contributed by atoms with Crippen molar-refractivity contribution in [3.05, 3.63) is 12.0 Å². The largest absolute Gasteiger partial charge is 0.481 e. The molecule has 0 radical (unpaired) electrons. The molecule has 1 aromatic heterocycles. The topological polar surface area (TPSA) is 102 Å². The summed E-state index contributed by atoms with van der Waals surface area (Å²) in [6.07, 6.45) is 3.66. The van der Waals surface area contributed by atoms with Gasteiger partial charge in [0, 0.05) is 0 Å². The molecule has 19 heavy (non-hydrogen) atoms. The third-order valence-corrected chi connectivity index (χ3v) is 3.16.